The van der Waals surface area contributed by atoms with E-state index < -0.39 is 11.7 Å². The first-order valence-corrected chi connectivity index (χ1v) is 5.17. The Balaban J connectivity index is 2.24. The second-order valence-electron chi connectivity index (χ2n) is 4.03. The molecule has 92 valence electrons. The molecular formula is C11H12F3N3. The third kappa shape index (κ3) is 2.35. The largest absolute Gasteiger partial charge is 0.416 e. The molecule has 0 fully saturated rings. The molecular weight excluding hydrogens is 231 g/mol. The number of nitrogens with zero attached hydrogens (tertiary/aromatic N) is 2. The van der Waals surface area contributed by atoms with E-state index in [1.807, 2.05) is 6.92 Å². The predicted molar refractivity (Wildman–Crippen MR) is 59.6 cm³/mol. The van der Waals surface area contributed by atoms with Gasteiger partial charge in [0.1, 0.15) is 5.84 Å². The highest BCUT2D eigenvalue weighted by molar-refractivity contribution is 5.84. The molecule has 1 atom stereocenters. The van der Waals surface area contributed by atoms with E-state index in [0.717, 1.165) is 12.1 Å². The fourth-order valence-corrected chi connectivity index (χ4v) is 1.78. The third-order valence-electron chi connectivity index (χ3n) is 2.62. The minimum atomic E-state index is -4.31. The number of anilines is 1. The summed E-state index contributed by atoms with van der Waals surface area (Å²) >= 11 is 0. The summed E-state index contributed by atoms with van der Waals surface area (Å²) in [5.41, 5.74) is 5.54. The van der Waals surface area contributed by atoms with Crippen LogP contribution in [0, 0.1) is 0 Å². The molecule has 1 aromatic carbocycles. The van der Waals surface area contributed by atoms with Crippen molar-refractivity contribution in [2.45, 2.75) is 25.6 Å². The Bertz CT molecular complexity index is 436. The molecule has 1 aliphatic heterocycles. The molecule has 0 bridgehead atoms. The number of rotatable bonds is 1. The molecule has 2 rings (SSSR count). The lowest BCUT2D eigenvalue weighted by molar-refractivity contribution is -0.137. The van der Waals surface area contributed by atoms with Gasteiger partial charge in [-0.3, -0.25) is 5.01 Å². The summed E-state index contributed by atoms with van der Waals surface area (Å²) in [5.74, 6) is 0.498. The van der Waals surface area contributed by atoms with Gasteiger partial charge in [0.15, 0.2) is 0 Å². The normalized spacial score (nSPS) is 20.6. The number of amidine groups is 1. The predicted octanol–water partition coefficient (Wildman–Crippen LogP) is 2.58. The molecule has 1 unspecified atom stereocenters. The molecule has 1 heterocycles. The number of hydrazone groups is 1. The summed E-state index contributed by atoms with van der Waals surface area (Å²) in [5, 5.41) is 5.71. The Morgan fingerprint density at radius 2 is 1.88 bits per heavy atom. The van der Waals surface area contributed by atoms with Crippen molar-refractivity contribution in [1.82, 2.24) is 0 Å². The highest BCUT2D eigenvalue weighted by Gasteiger charge is 2.30. The zero-order valence-corrected chi connectivity index (χ0v) is 9.20. The fraction of sp³-hybridized carbons (Fsp3) is 0.364. The smallest absolute Gasteiger partial charge is 0.386 e. The second-order valence-corrected chi connectivity index (χ2v) is 4.03. The number of alkyl halides is 3. The lowest BCUT2D eigenvalue weighted by Gasteiger charge is -2.20. The highest BCUT2D eigenvalue weighted by atomic mass is 19.4. The summed E-state index contributed by atoms with van der Waals surface area (Å²) in [6, 6.07) is 4.98. The molecule has 0 saturated heterocycles. The first kappa shape index (κ1) is 11.8. The Morgan fingerprint density at radius 3 is 2.29 bits per heavy atom. The van der Waals surface area contributed by atoms with Gasteiger partial charge in [0.25, 0.3) is 0 Å². The first-order valence-electron chi connectivity index (χ1n) is 5.17. The summed E-state index contributed by atoms with van der Waals surface area (Å²) in [6.45, 7) is 1.92. The minimum Gasteiger partial charge on any atom is -0.386 e. The van der Waals surface area contributed by atoms with Crippen LogP contribution in [0.1, 0.15) is 18.9 Å². The van der Waals surface area contributed by atoms with Crippen molar-refractivity contribution in [3.8, 4) is 0 Å². The Morgan fingerprint density at radius 1 is 1.29 bits per heavy atom. The number of nitrogens with two attached hydrogens (primary N) is 1. The van der Waals surface area contributed by atoms with Crippen molar-refractivity contribution in [1.29, 1.82) is 0 Å². The van der Waals surface area contributed by atoms with Crippen LogP contribution in [0.5, 0.6) is 0 Å². The van der Waals surface area contributed by atoms with E-state index >= 15 is 0 Å². The summed E-state index contributed by atoms with van der Waals surface area (Å²) in [7, 11) is 0. The van der Waals surface area contributed by atoms with Crippen LogP contribution in [0.2, 0.25) is 0 Å². The van der Waals surface area contributed by atoms with Crippen LogP contribution in [0.4, 0.5) is 18.9 Å². The number of benzene rings is 1. The van der Waals surface area contributed by atoms with E-state index in [0.29, 0.717) is 17.9 Å². The summed E-state index contributed by atoms with van der Waals surface area (Å²) in [6.07, 6.45) is -3.68. The van der Waals surface area contributed by atoms with E-state index in [4.69, 9.17) is 5.73 Å². The van der Waals surface area contributed by atoms with Gasteiger partial charge < -0.3 is 5.73 Å². The van der Waals surface area contributed by atoms with Crippen LogP contribution in [-0.4, -0.2) is 11.9 Å². The number of halogens is 3. The van der Waals surface area contributed by atoms with Crippen LogP contribution in [-0.2, 0) is 6.18 Å². The van der Waals surface area contributed by atoms with E-state index in [1.54, 1.807) is 5.01 Å². The molecule has 17 heavy (non-hydrogen) atoms. The molecule has 6 heteroatoms. The van der Waals surface area contributed by atoms with E-state index in [9.17, 15) is 13.2 Å². The molecule has 0 spiro atoms. The SMILES string of the molecule is CC1CC(N)=NN1c1ccc(C(F)(F)F)cc1. The quantitative estimate of drug-likeness (QED) is 0.823. The average Bonchev–Trinajstić information content (AvgIpc) is 2.57. The van der Waals surface area contributed by atoms with Crippen molar-refractivity contribution in [2.75, 3.05) is 5.01 Å². The summed E-state index contributed by atoms with van der Waals surface area (Å²) in [4.78, 5) is 0. The molecule has 0 radical (unpaired) electrons. The Hall–Kier alpha value is -1.72. The Kier molecular flexibility index (Phi) is 2.73. The maximum atomic E-state index is 12.4. The molecule has 0 amide bonds. The lowest BCUT2D eigenvalue weighted by Crippen LogP contribution is -2.22. The number of hydrogen-bond donors (Lipinski definition) is 1. The zero-order chi connectivity index (χ0) is 12.6. The van der Waals surface area contributed by atoms with E-state index in [-0.39, 0.29) is 6.04 Å². The van der Waals surface area contributed by atoms with Gasteiger partial charge in [0.05, 0.1) is 17.3 Å². The summed E-state index contributed by atoms with van der Waals surface area (Å²) < 4.78 is 37.1. The second kappa shape index (κ2) is 3.94. The van der Waals surface area contributed by atoms with Crippen molar-refractivity contribution >= 4 is 11.5 Å². The van der Waals surface area contributed by atoms with Crippen LogP contribution >= 0.6 is 0 Å². The van der Waals surface area contributed by atoms with Gasteiger partial charge in [-0.25, -0.2) is 0 Å². The highest BCUT2D eigenvalue weighted by Crippen LogP contribution is 2.31. The molecule has 1 aromatic rings. The fourth-order valence-electron chi connectivity index (χ4n) is 1.78. The van der Waals surface area contributed by atoms with Gasteiger partial charge in [-0.05, 0) is 31.2 Å². The van der Waals surface area contributed by atoms with Gasteiger partial charge in [-0.1, -0.05) is 0 Å². The van der Waals surface area contributed by atoms with Crippen molar-refractivity contribution in [2.24, 2.45) is 10.8 Å². The molecule has 0 saturated carbocycles. The Labute approximate surface area is 96.7 Å². The third-order valence-corrected chi connectivity index (χ3v) is 2.62. The van der Waals surface area contributed by atoms with Crippen molar-refractivity contribution in [3.05, 3.63) is 29.8 Å². The minimum absolute atomic E-state index is 0.0757. The molecule has 3 nitrogen and oxygen atoms in total. The van der Waals surface area contributed by atoms with E-state index in [2.05, 4.69) is 5.10 Å². The van der Waals surface area contributed by atoms with Crippen LogP contribution < -0.4 is 10.7 Å². The topological polar surface area (TPSA) is 41.6 Å². The molecule has 0 aromatic heterocycles. The molecule has 2 N–H and O–H groups in total. The van der Waals surface area contributed by atoms with Gasteiger partial charge in [0, 0.05) is 6.42 Å². The van der Waals surface area contributed by atoms with Gasteiger partial charge in [0.2, 0.25) is 0 Å². The maximum absolute atomic E-state index is 12.4. The standard InChI is InChI=1S/C11H12F3N3/c1-7-6-10(15)16-17(7)9-4-2-8(3-5-9)11(12,13)14/h2-5,7H,6H2,1H3,(H2,15,16). The first-order chi connectivity index (χ1) is 7.88. The van der Waals surface area contributed by atoms with Crippen LogP contribution in [0.25, 0.3) is 0 Å². The number of hydrogen-bond acceptors (Lipinski definition) is 3. The van der Waals surface area contributed by atoms with Crippen LogP contribution in [0.15, 0.2) is 29.4 Å². The van der Waals surface area contributed by atoms with Gasteiger partial charge in [-0.2, -0.15) is 18.3 Å². The van der Waals surface area contributed by atoms with Crippen molar-refractivity contribution < 1.29 is 13.2 Å². The van der Waals surface area contributed by atoms with Gasteiger partial charge >= 0.3 is 6.18 Å². The van der Waals surface area contributed by atoms with E-state index in [1.165, 1.54) is 12.1 Å². The lowest BCUT2D eigenvalue weighted by atomic mass is 10.1. The molecule has 1 aliphatic rings. The zero-order valence-electron chi connectivity index (χ0n) is 9.20. The van der Waals surface area contributed by atoms with Gasteiger partial charge in [-0.15, -0.1) is 0 Å². The van der Waals surface area contributed by atoms with Crippen LogP contribution in [0.3, 0.4) is 0 Å². The van der Waals surface area contributed by atoms with Crippen molar-refractivity contribution in [3.63, 3.8) is 0 Å². The maximum Gasteiger partial charge on any atom is 0.416 e. The average molecular weight is 243 g/mol. The monoisotopic (exact) mass is 243 g/mol. The molecule has 0 aliphatic carbocycles.